The lowest BCUT2D eigenvalue weighted by Crippen LogP contribution is -1.98. The Bertz CT molecular complexity index is 612. The molecule has 4 nitrogen and oxygen atoms in total. The van der Waals surface area contributed by atoms with Crippen LogP contribution in [0.5, 0.6) is 0 Å². The molecule has 1 aromatic carbocycles. The van der Waals surface area contributed by atoms with Crippen LogP contribution in [0.2, 0.25) is 5.02 Å². The summed E-state index contributed by atoms with van der Waals surface area (Å²) in [6.07, 6.45) is -0.420. The summed E-state index contributed by atoms with van der Waals surface area (Å²) >= 11 is 5.53. The molecule has 18 heavy (non-hydrogen) atoms. The minimum Gasteiger partial charge on any atom is -0.481 e. The molecule has 0 saturated carbocycles. The fourth-order valence-electron chi connectivity index (χ4n) is 1.43. The smallest absolute Gasteiger partial charge is 0.311 e. The molecule has 1 N–H and O–H groups in total. The Morgan fingerprint density at radius 2 is 2.17 bits per heavy atom. The Hall–Kier alpha value is -1.95. The fraction of sp³-hybridized carbons (Fsp3) is 0.0909. The van der Waals surface area contributed by atoms with Crippen molar-refractivity contribution in [1.82, 2.24) is 5.16 Å². The summed E-state index contributed by atoms with van der Waals surface area (Å²) in [6, 6.07) is 3.23. The Kier molecular flexibility index (Phi) is 3.29. The topological polar surface area (TPSA) is 63.3 Å². The quantitative estimate of drug-likeness (QED) is 0.874. The SMILES string of the molecule is O=C(O)Cc1cc(-c2c(F)ccc(Cl)c2F)no1. The number of aromatic nitrogens is 1. The van der Waals surface area contributed by atoms with Crippen molar-refractivity contribution in [3.05, 3.63) is 40.6 Å². The summed E-state index contributed by atoms with van der Waals surface area (Å²) in [6.45, 7) is 0. The first-order chi connectivity index (χ1) is 8.49. The summed E-state index contributed by atoms with van der Waals surface area (Å²) in [7, 11) is 0. The van der Waals surface area contributed by atoms with Gasteiger partial charge < -0.3 is 9.63 Å². The van der Waals surface area contributed by atoms with Gasteiger partial charge in [0.2, 0.25) is 0 Å². The van der Waals surface area contributed by atoms with Crippen molar-refractivity contribution >= 4 is 17.6 Å². The summed E-state index contributed by atoms with van der Waals surface area (Å²) in [5, 5.41) is 11.7. The number of hydrogen-bond donors (Lipinski definition) is 1. The molecule has 0 fully saturated rings. The maximum atomic E-state index is 13.7. The van der Waals surface area contributed by atoms with Crippen LogP contribution in [0.25, 0.3) is 11.3 Å². The van der Waals surface area contributed by atoms with E-state index in [0.717, 1.165) is 18.2 Å². The molecule has 0 spiro atoms. The molecule has 0 atom stereocenters. The second-order valence-corrected chi connectivity index (χ2v) is 3.87. The monoisotopic (exact) mass is 273 g/mol. The number of carbonyl (C=O) groups is 1. The first kappa shape index (κ1) is 12.5. The van der Waals surface area contributed by atoms with Gasteiger partial charge in [-0.15, -0.1) is 0 Å². The Balaban J connectivity index is 2.46. The van der Waals surface area contributed by atoms with E-state index in [1.54, 1.807) is 0 Å². The average molecular weight is 274 g/mol. The molecule has 1 heterocycles. The molecular weight excluding hydrogens is 268 g/mol. The van der Waals surface area contributed by atoms with E-state index in [1.807, 2.05) is 0 Å². The zero-order valence-electron chi connectivity index (χ0n) is 8.78. The van der Waals surface area contributed by atoms with Crippen LogP contribution in [0, 0.1) is 11.6 Å². The van der Waals surface area contributed by atoms with Gasteiger partial charge in [-0.25, -0.2) is 8.78 Å². The number of aliphatic carboxylic acids is 1. The van der Waals surface area contributed by atoms with Gasteiger partial charge in [0.15, 0.2) is 5.82 Å². The number of carboxylic acid groups (broad SMARTS) is 1. The van der Waals surface area contributed by atoms with Crippen LogP contribution < -0.4 is 0 Å². The number of nitrogens with zero attached hydrogens (tertiary/aromatic N) is 1. The first-order valence-electron chi connectivity index (χ1n) is 4.80. The van der Waals surface area contributed by atoms with Crippen molar-refractivity contribution in [2.24, 2.45) is 0 Å². The highest BCUT2D eigenvalue weighted by molar-refractivity contribution is 6.31. The summed E-state index contributed by atoms with van der Waals surface area (Å²) in [5.74, 6) is -2.96. The molecule has 1 aromatic heterocycles. The number of carboxylic acids is 1. The third kappa shape index (κ3) is 2.33. The van der Waals surface area contributed by atoms with Gasteiger partial charge in [-0.3, -0.25) is 4.79 Å². The zero-order chi connectivity index (χ0) is 13.3. The van der Waals surface area contributed by atoms with Gasteiger partial charge in [-0.1, -0.05) is 16.8 Å². The van der Waals surface area contributed by atoms with Crippen molar-refractivity contribution in [2.75, 3.05) is 0 Å². The van der Waals surface area contributed by atoms with Gasteiger partial charge in [0.05, 0.1) is 10.6 Å². The van der Waals surface area contributed by atoms with Crippen LogP contribution in [-0.4, -0.2) is 16.2 Å². The predicted molar refractivity (Wildman–Crippen MR) is 58.2 cm³/mol. The van der Waals surface area contributed by atoms with E-state index < -0.39 is 29.6 Å². The second kappa shape index (κ2) is 4.73. The van der Waals surface area contributed by atoms with E-state index in [-0.39, 0.29) is 16.5 Å². The maximum Gasteiger partial charge on any atom is 0.311 e. The normalized spacial score (nSPS) is 10.6. The summed E-state index contributed by atoms with van der Waals surface area (Å²) in [4.78, 5) is 10.4. The third-order valence-corrected chi connectivity index (χ3v) is 2.48. The van der Waals surface area contributed by atoms with Gasteiger partial charge in [0.25, 0.3) is 0 Å². The lowest BCUT2D eigenvalue weighted by Gasteiger charge is -2.01. The number of hydrogen-bond acceptors (Lipinski definition) is 3. The minimum atomic E-state index is -1.13. The van der Waals surface area contributed by atoms with E-state index in [0.29, 0.717) is 0 Å². The lowest BCUT2D eigenvalue weighted by atomic mass is 10.1. The minimum absolute atomic E-state index is 0.00345. The molecule has 0 bridgehead atoms. The highest BCUT2D eigenvalue weighted by Crippen LogP contribution is 2.30. The molecule has 0 aliphatic rings. The molecule has 2 aromatic rings. The van der Waals surface area contributed by atoms with Crippen LogP contribution in [0.3, 0.4) is 0 Å². The van der Waals surface area contributed by atoms with Gasteiger partial charge >= 0.3 is 5.97 Å². The molecule has 0 saturated heterocycles. The Morgan fingerprint density at radius 3 is 2.83 bits per heavy atom. The van der Waals surface area contributed by atoms with E-state index in [2.05, 4.69) is 9.68 Å². The summed E-state index contributed by atoms with van der Waals surface area (Å²) < 4.78 is 31.8. The van der Waals surface area contributed by atoms with E-state index in [9.17, 15) is 13.6 Å². The molecular formula is C11H6ClF2NO3. The van der Waals surface area contributed by atoms with Crippen LogP contribution in [-0.2, 0) is 11.2 Å². The van der Waals surface area contributed by atoms with Gasteiger partial charge in [0.1, 0.15) is 23.7 Å². The molecule has 94 valence electrons. The van der Waals surface area contributed by atoms with Crippen molar-refractivity contribution in [1.29, 1.82) is 0 Å². The summed E-state index contributed by atoms with van der Waals surface area (Å²) in [5.41, 5.74) is -0.577. The van der Waals surface area contributed by atoms with Crippen LogP contribution in [0.4, 0.5) is 8.78 Å². The molecule has 0 radical (unpaired) electrons. The molecule has 0 aliphatic heterocycles. The van der Waals surface area contributed by atoms with E-state index in [4.69, 9.17) is 16.7 Å². The standard InChI is InChI=1S/C11H6ClF2NO3/c12-6-1-2-7(13)10(11(6)14)8-3-5(18-15-8)4-9(16)17/h1-3H,4H2,(H,16,17). The van der Waals surface area contributed by atoms with Gasteiger partial charge in [-0.05, 0) is 12.1 Å². The molecule has 7 heteroatoms. The highest BCUT2D eigenvalue weighted by Gasteiger charge is 2.19. The zero-order valence-corrected chi connectivity index (χ0v) is 9.54. The van der Waals surface area contributed by atoms with Crippen molar-refractivity contribution < 1.29 is 23.2 Å². The van der Waals surface area contributed by atoms with E-state index in [1.165, 1.54) is 0 Å². The van der Waals surface area contributed by atoms with Crippen LogP contribution in [0.1, 0.15) is 5.76 Å². The second-order valence-electron chi connectivity index (χ2n) is 3.47. The average Bonchev–Trinajstić information content (AvgIpc) is 2.71. The fourth-order valence-corrected chi connectivity index (χ4v) is 1.58. The highest BCUT2D eigenvalue weighted by atomic mass is 35.5. The van der Waals surface area contributed by atoms with Crippen LogP contribution in [0.15, 0.2) is 22.7 Å². The number of benzene rings is 1. The Morgan fingerprint density at radius 1 is 1.44 bits per heavy atom. The van der Waals surface area contributed by atoms with Crippen molar-refractivity contribution in [2.45, 2.75) is 6.42 Å². The third-order valence-electron chi connectivity index (χ3n) is 2.18. The number of rotatable bonds is 3. The van der Waals surface area contributed by atoms with Crippen molar-refractivity contribution in [3.8, 4) is 11.3 Å². The van der Waals surface area contributed by atoms with E-state index >= 15 is 0 Å². The van der Waals surface area contributed by atoms with Crippen LogP contribution >= 0.6 is 11.6 Å². The maximum absolute atomic E-state index is 13.7. The molecule has 0 unspecified atom stereocenters. The predicted octanol–water partition coefficient (Wildman–Crippen LogP) is 2.90. The first-order valence-corrected chi connectivity index (χ1v) is 5.18. The lowest BCUT2D eigenvalue weighted by molar-refractivity contribution is -0.136. The molecule has 2 rings (SSSR count). The largest absolute Gasteiger partial charge is 0.481 e. The van der Waals surface area contributed by atoms with Gasteiger partial charge in [-0.2, -0.15) is 0 Å². The Labute approximate surface area is 105 Å². The van der Waals surface area contributed by atoms with Gasteiger partial charge in [0, 0.05) is 6.07 Å². The molecule has 0 aliphatic carbocycles. The van der Waals surface area contributed by atoms with Crippen molar-refractivity contribution in [3.63, 3.8) is 0 Å². The molecule has 0 amide bonds. The number of halogens is 3.